The molecule has 1 aliphatic heterocycles. The number of rotatable bonds is 7. The number of aryl methyl sites for hydroxylation is 1. The molecule has 0 saturated carbocycles. The van der Waals surface area contributed by atoms with Crippen molar-refractivity contribution in [2.45, 2.75) is 51.0 Å². The smallest absolute Gasteiger partial charge is 0.269 e. The Bertz CT molecular complexity index is 1220. The van der Waals surface area contributed by atoms with Crippen LogP contribution in [0.3, 0.4) is 0 Å². The summed E-state index contributed by atoms with van der Waals surface area (Å²) >= 11 is 0. The lowest BCUT2D eigenvalue weighted by Crippen LogP contribution is -2.39. The summed E-state index contributed by atoms with van der Waals surface area (Å²) in [6, 6.07) is 6.18. The van der Waals surface area contributed by atoms with Gasteiger partial charge in [0.2, 0.25) is 16.1 Å². The molecule has 0 aliphatic carbocycles. The Hall–Kier alpha value is -2.99. The van der Waals surface area contributed by atoms with Gasteiger partial charge >= 0.3 is 0 Å². The maximum Gasteiger partial charge on any atom is 0.269 e. The highest BCUT2D eigenvalue weighted by atomic mass is 32.2. The van der Waals surface area contributed by atoms with E-state index in [-0.39, 0.29) is 10.7 Å². The second-order valence-electron chi connectivity index (χ2n) is 8.04. The van der Waals surface area contributed by atoms with Gasteiger partial charge < -0.3 is 14.7 Å². The number of benzene rings is 1. The molecule has 1 aliphatic rings. The topological polar surface area (TPSA) is 132 Å². The summed E-state index contributed by atoms with van der Waals surface area (Å²) in [5.41, 5.74) is 0.818. The van der Waals surface area contributed by atoms with Crippen LogP contribution in [0.4, 0.5) is 5.82 Å². The number of piperidine rings is 1. The highest BCUT2D eigenvalue weighted by Gasteiger charge is 2.29. The molecular weight excluding hydrogens is 436 g/mol. The van der Waals surface area contributed by atoms with Crippen LogP contribution in [0.15, 0.2) is 33.7 Å². The third-order valence-corrected chi connectivity index (χ3v) is 7.27. The predicted octanol–water partition coefficient (Wildman–Crippen LogP) is 1.99. The average molecular weight is 463 g/mol. The van der Waals surface area contributed by atoms with Gasteiger partial charge in [-0.25, -0.2) is 8.42 Å². The van der Waals surface area contributed by atoms with E-state index < -0.39 is 22.0 Å². The summed E-state index contributed by atoms with van der Waals surface area (Å²) < 4.78 is 32.8. The molecule has 1 N–H and O–H groups in total. The van der Waals surface area contributed by atoms with Crippen molar-refractivity contribution in [2.24, 2.45) is 5.92 Å². The molecule has 172 valence electrons. The largest absolute Gasteiger partial charge is 0.381 e. The predicted molar refractivity (Wildman–Crippen MR) is 115 cm³/mol. The lowest BCUT2D eigenvalue weighted by molar-refractivity contribution is -0.128. The molecule has 1 saturated heterocycles. The van der Waals surface area contributed by atoms with Gasteiger partial charge in [0.05, 0.1) is 4.90 Å². The molecule has 0 radical (unpaired) electrons. The Morgan fingerprint density at radius 1 is 1.38 bits per heavy atom. The van der Waals surface area contributed by atoms with E-state index in [0.29, 0.717) is 42.2 Å². The SMILES string of the molecule is CCC(On1nnc2ccc(S(=O)(=O)N3CCCC(C)C3)cc21)C(=O)Nc1cc(C)on1. The van der Waals surface area contributed by atoms with E-state index in [1.807, 2.05) is 6.92 Å². The minimum atomic E-state index is -3.66. The fraction of sp³-hybridized carbons (Fsp3) is 0.500. The zero-order chi connectivity index (χ0) is 22.9. The van der Waals surface area contributed by atoms with Crippen molar-refractivity contribution in [1.82, 2.24) is 24.6 Å². The van der Waals surface area contributed by atoms with Gasteiger partial charge in [0.15, 0.2) is 5.82 Å². The van der Waals surface area contributed by atoms with Gasteiger partial charge in [0.1, 0.15) is 16.8 Å². The first-order valence-corrected chi connectivity index (χ1v) is 12.0. The number of anilines is 1. The van der Waals surface area contributed by atoms with Crippen molar-refractivity contribution in [2.75, 3.05) is 18.4 Å². The van der Waals surface area contributed by atoms with Gasteiger partial charge in [-0.3, -0.25) is 4.79 Å². The Morgan fingerprint density at radius 2 is 2.19 bits per heavy atom. The molecule has 1 fully saturated rings. The Balaban J connectivity index is 1.57. The Labute approximate surface area is 185 Å². The molecular formula is C20H26N6O5S. The van der Waals surface area contributed by atoms with Crippen LogP contribution in [-0.4, -0.2) is 58.1 Å². The number of nitrogens with zero attached hydrogens (tertiary/aromatic N) is 5. The lowest BCUT2D eigenvalue weighted by atomic mass is 10.0. The average Bonchev–Trinajstić information content (AvgIpc) is 3.37. The summed E-state index contributed by atoms with van der Waals surface area (Å²) in [5, 5.41) is 14.3. The molecule has 2 atom stereocenters. The minimum absolute atomic E-state index is 0.141. The standard InChI is InChI=1S/C20H26N6O5S/c1-4-18(20(27)21-19-10-14(3)30-23-19)31-26-17-11-15(7-8-16(17)22-24-26)32(28,29)25-9-5-6-13(2)12-25/h7-8,10-11,13,18H,4-6,9,12H2,1-3H3,(H,21,23,27). The number of carbonyl (C=O) groups is 1. The van der Waals surface area contributed by atoms with Crippen LogP contribution in [0.5, 0.6) is 0 Å². The van der Waals surface area contributed by atoms with E-state index in [2.05, 4.69) is 20.8 Å². The second-order valence-corrected chi connectivity index (χ2v) is 9.98. The Kier molecular flexibility index (Phi) is 6.15. The molecule has 0 bridgehead atoms. The van der Waals surface area contributed by atoms with Crippen LogP contribution in [0.25, 0.3) is 11.0 Å². The molecule has 32 heavy (non-hydrogen) atoms. The summed E-state index contributed by atoms with van der Waals surface area (Å²) in [7, 11) is -3.66. The lowest BCUT2D eigenvalue weighted by Gasteiger charge is -2.30. The minimum Gasteiger partial charge on any atom is -0.381 e. The van der Waals surface area contributed by atoms with Gasteiger partial charge in [-0.05, 0) is 55.5 Å². The molecule has 11 nitrogen and oxygen atoms in total. The van der Waals surface area contributed by atoms with Gasteiger partial charge in [-0.1, -0.05) is 23.8 Å². The van der Waals surface area contributed by atoms with Gasteiger partial charge in [0, 0.05) is 19.2 Å². The first kappa shape index (κ1) is 22.2. The molecule has 12 heteroatoms. The zero-order valence-corrected chi connectivity index (χ0v) is 19.0. The first-order chi connectivity index (χ1) is 15.3. The van der Waals surface area contributed by atoms with Crippen molar-refractivity contribution in [3.63, 3.8) is 0 Å². The summed E-state index contributed by atoms with van der Waals surface area (Å²) in [6.07, 6.45) is 1.29. The third-order valence-electron chi connectivity index (χ3n) is 5.41. The van der Waals surface area contributed by atoms with E-state index in [0.717, 1.165) is 17.7 Å². The molecule has 1 amide bonds. The number of aromatic nitrogens is 4. The summed E-state index contributed by atoms with van der Waals surface area (Å²) in [4.78, 5) is 19.6. The normalized spacial score (nSPS) is 18.5. The van der Waals surface area contributed by atoms with Crippen LogP contribution >= 0.6 is 0 Å². The van der Waals surface area contributed by atoms with Crippen LogP contribution < -0.4 is 10.2 Å². The quantitative estimate of drug-likeness (QED) is 0.564. The van der Waals surface area contributed by atoms with E-state index in [1.54, 1.807) is 26.0 Å². The number of fused-ring (bicyclic) bond motifs is 1. The van der Waals surface area contributed by atoms with E-state index in [1.165, 1.54) is 16.4 Å². The molecule has 2 aromatic heterocycles. The second kappa shape index (κ2) is 8.87. The van der Waals surface area contributed by atoms with E-state index in [4.69, 9.17) is 9.36 Å². The highest BCUT2D eigenvalue weighted by molar-refractivity contribution is 7.89. The fourth-order valence-corrected chi connectivity index (χ4v) is 5.31. The summed E-state index contributed by atoms with van der Waals surface area (Å²) in [6.45, 7) is 6.54. The molecule has 4 rings (SSSR count). The monoisotopic (exact) mass is 462 g/mol. The molecule has 3 heterocycles. The van der Waals surface area contributed by atoms with E-state index in [9.17, 15) is 13.2 Å². The van der Waals surface area contributed by atoms with Crippen molar-refractivity contribution < 1.29 is 22.6 Å². The molecule has 2 unspecified atom stereocenters. The van der Waals surface area contributed by atoms with Gasteiger partial charge in [0.25, 0.3) is 5.91 Å². The maximum atomic E-state index is 13.2. The van der Waals surface area contributed by atoms with Gasteiger partial charge in [-0.15, -0.1) is 5.10 Å². The van der Waals surface area contributed by atoms with Crippen molar-refractivity contribution in [3.05, 3.63) is 30.0 Å². The van der Waals surface area contributed by atoms with Crippen LogP contribution in [0, 0.1) is 12.8 Å². The summed E-state index contributed by atoms with van der Waals surface area (Å²) in [5.74, 6) is 0.723. The number of carbonyl (C=O) groups excluding carboxylic acids is 1. The zero-order valence-electron chi connectivity index (χ0n) is 18.2. The van der Waals surface area contributed by atoms with Crippen molar-refractivity contribution >= 4 is 32.8 Å². The van der Waals surface area contributed by atoms with Crippen LogP contribution in [0.2, 0.25) is 0 Å². The molecule has 0 spiro atoms. The van der Waals surface area contributed by atoms with Crippen molar-refractivity contribution in [1.29, 1.82) is 0 Å². The fourth-order valence-electron chi connectivity index (χ4n) is 3.69. The number of amides is 1. The van der Waals surface area contributed by atoms with Crippen LogP contribution in [0.1, 0.15) is 38.9 Å². The molecule has 3 aromatic rings. The van der Waals surface area contributed by atoms with Crippen LogP contribution in [-0.2, 0) is 14.8 Å². The van der Waals surface area contributed by atoms with Crippen molar-refractivity contribution in [3.8, 4) is 0 Å². The Morgan fingerprint density at radius 3 is 2.88 bits per heavy atom. The molecule has 1 aromatic carbocycles. The number of sulfonamides is 1. The van der Waals surface area contributed by atoms with Gasteiger partial charge in [-0.2, -0.15) is 4.31 Å². The number of hydrogen-bond acceptors (Lipinski definition) is 8. The third kappa shape index (κ3) is 4.46. The highest BCUT2D eigenvalue weighted by Crippen LogP contribution is 2.25. The maximum absolute atomic E-state index is 13.2. The first-order valence-electron chi connectivity index (χ1n) is 10.5. The van der Waals surface area contributed by atoms with E-state index >= 15 is 0 Å². The number of hydrogen-bond donors (Lipinski definition) is 1. The number of nitrogens with one attached hydrogen (secondary N) is 1.